The zero-order chi connectivity index (χ0) is 22.0. The fourth-order valence-electron chi connectivity index (χ4n) is 4.01. The van der Waals surface area contributed by atoms with Crippen molar-refractivity contribution in [2.45, 2.75) is 13.3 Å². The molecule has 160 valence electrons. The lowest BCUT2D eigenvalue weighted by molar-refractivity contribution is 0.112. The molecule has 3 aromatic rings. The molecule has 1 aliphatic heterocycles. The van der Waals surface area contributed by atoms with Gasteiger partial charge in [-0.3, -0.25) is 8.77 Å². The van der Waals surface area contributed by atoms with Crippen molar-refractivity contribution in [1.29, 1.82) is 0 Å². The second-order valence-electron chi connectivity index (χ2n) is 7.89. The Bertz CT molecular complexity index is 1170. The van der Waals surface area contributed by atoms with E-state index in [1.54, 1.807) is 3.97 Å². The van der Waals surface area contributed by atoms with Gasteiger partial charge in [0, 0.05) is 61.5 Å². The SMILES string of the molecule is C#CCCS(=O)n1cc(C)c2c(C=O)cc(-c3ccc(N4CCN(C)CC4)nc3)cc21. The Hall–Kier alpha value is -2.95. The largest absolute Gasteiger partial charge is 0.354 e. The summed E-state index contributed by atoms with van der Waals surface area (Å²) < 4.78 is 14.5. The first-order valence-corrected chi connectivity index (χ1v) is 11.6. The van der Waals surface area contributed by atoms with Gasteiger partial charge in [0.15, 0.2) is 6.29 Å². The molecule has 0 radical (unpaired) electrons. The van der Waals surface area contributed by atoms with E-state index in [9.17, 15) is 9.00 Å². The third-order valence-corrected chi connectivity index (χ3v) is 7.06. The molecule has 0 aliphatic carbocycles. The molecular formula is C24H26N4O2S. The van der Waals surface area contributed by atoms with E-state index in [1.165, 1.54) is 0 Å². The van der Waals surface area contributed by atoms with Crippen molar-refractivity contribution in [3.05, 3.63) is 47.8 Å². The van der Waals surface area contributed by atoms with Crippen molar-refractivity contribution in [2.75, 3.05) is 43.9 Å². The first-order valence-electron chi connectivity index (χ1n) is 10.3. The molecule has 31 heavy (non-hydrogen) atoms. The minimum absolute atomic E-state index is 0.377. The van der Waals surface area contributed by atoms with Gasteiger partial charge in [-0.1, -0.05) is 0 Å². The summed E-state index contributed by atoms with van der Waals surface area (Å²) in [7, 11) is 0.841. The van der Waals surface area contributed by atoms with Crippen LogP contribution in [-0.2, 0) is 11.0 Å². The molecule has 1 aliphatic rings. The highest BCUT2D eigenvalue weighted by atomic mass is 32.2. The molecule has 1 atom stereocenters. The molecule has 0 spiro atoms. The summed E-state index contributed by atoms with van der Waals surface area (Å²) in [4.78, 5) is 21.1. The standard InChI is InChI=1S/C24H26N4O2S/c1-4-5-12-31(30)28-16-18(2)24-21(17-29)13-20(14-22(24)28)19-6-7-23(25-15-19)27-10-8-26(3)9-11-27/h1,6-7,13-17H,5,8-12H2,2-3H3. The van der Waals surface area contributed by atoms with Gasteiger partial charge in [-0.05, 0) is 49.4 Å². The molecule has 2 aromatic heterocycles. The van der Waals surface area contributed by atoms with Gasteiger partial charge < -0.3 is 9.80 Å². The molecule has 0 saturated carbocycles. The lowest BCUT2D eigenvalue weighted by Crippen LogP contribution is -2.44. The third kappa shape index (κ3) is 4.27. The third-order valence-electron chi connectivity index (χ3n) is 5.77. The van der Waals surface area contributed by atoms with Crippen molar-refractivity contribution in [3.8, 4) is 23.5 Å². The smallest absolute Gasteiger partial charge is 0.150 e. The van der Waals surface area contributed by atoms with Crippen LogP contribution in [0.5, 0.6) is 0 Å². The quantitative estimate of drug-likeness (QED) is 0.441. The topological polar surface area (TPSA) is 58.4 Å². The van der Waals surface area contributed by atoms with Gasteiger partial charge in [-0.25, -0.2) is 9.19 Å². The van der Waals surface area contributed by atoms with Gasteiger partial charge in [-0.15, -0.1) is 12.3 Å². The Morgan fingerprint density at radius 1 is 1.19 bits per heavy atom. The van der Waals surface area contributed by atoms with Crippen LogP contribution in [0.15, 0.2) is 36.7 Å². The molecule has 1 unspecified atom stereocenters. The van der Waals surface area contributed by atoms with Crippen LogP contribution in [0.3, 0.4) is 0 Å². The van der Waals surface area contributed by atoms with E-state index in [0.717, 1.165) is 65.9 Å². The molecule has 0 bridgehead atoms. The van der Waals surface area contributed by atoms with E-state index in [-0.39, 0.29) is 0 Å². The second-order valence-corrected chi connectivity index (χ2v) is 9.34. The molecule has 3 heterocycles. The zero-order valence-electron chi connectivity index (χ0n) is 17.9. The Morgan fingerprint density at radius 2 is 1.97 bits per heavy atom. The van der Waals surface area contributed by atoms with Gasteiger partial charge in [0.1, 0.15) is 16.8 Å². The van der Waals surface area contributed by atoms with Crippen molar-refractivity contribution in [1.82, 2.24) is 13.9 Å². The maximum atomic E-state index is 12.8. The molecule has 0 N–H and O–H groups in total. The van der Waals surface area contributed by atoms with Crippen LogP contribution in [0.1, 0.15) is 22.3 Å². The number of hydrogen-bond acceptors (Lipinski definition) is 5. The first-order chi connectivity index (χ1) is 15.0. The van der Waals surface area contributed by atoms with Crippen molar-refractivity contribution < 1.29 is 9.00 Å². The molecule has 1 fully saturated rings. The Morgan fingerprint density at radius 3 is 2.61 bits per heavy atom. The van der Waals surface area contributed by atoms with Crippen molar-refractivity contribution >= 4 is 34.0 Å². The van der Waals surface area contributed by atoms with Crippen LogP contribution in [0.2, 0.25) is 0 Å². The van der Waals surface area contributed by atoms with E-state index in [0.29, 0.717) is 17.7 Å². The number of rotatable bonds is 6. The Labute approximate surface area is 185 Å². The lowest BCUT2D eigenvalue weighted by atomic mass is 10.0. The van der Waals surface area contributed by atoms with Crippen LogP contribution >= 0.6 is 0 Å². The number of hydrogen-bond donors (Lipinski definition) is 0. The number of terminal acetylenes is 1. The van der Waals surface area contributed by atoms with Gasteiger partial charge in [0.2, 0.25) is 0 Å². The highest BCUT2D eigenvalue weighted by Gasteiger charge is 2.17. The number of carbonyl (C=O) groups is 1. The number of carbonyl (C=O) groups excluding carboxylic acids is 1. The average Bonchev–Trinajstić information content (AvgIpc) is 3.14. The van der Waals surface area contributed by atoms with Crippen molar-refractivity contribution in [2.24, 2.45) is 0 Å². The summed E-state index contributed by atoms with van der Waals surface area (Å²) in [5.74, 6) is 3.88. The Balaban J connectivity index is 1.71. The summed E-state index contributed by atoms with van der Waals surface area (Å²) >= 11 is 0. The highest BCUT2D eigenvalue weighted by molar-refractivity contribution is 7.83. The van der Waals surface area contributed by atoms with Crippen LogP contribution in [0.25, 0.3) is 22.0 Å². The minimum atomic E-state index is -1.29. The number of nitrogens with zero attached hydrogens (tertiary/aromatic N) is 4. The van der Waals surface area contributed by atoms with Crippen LogP contribution in [0.4, 0.5) is 5.82 Å². The second kappa shape index (κ2) is 9.04. The maximum absolute atomic E-state index is 12.8. The summed E-state index contributed by atoms with van der Waals surface area (Å²) in [6.45, 7) is 5.89. The van der Waals surface area contributed by atoms with Gasteiger partial charge >= 0.3 is 0 Å². The van der Waals surface area contributed by atoms with E-state index in [1.807, 2.05) is 43.6 Å². The number of benzene rings is 1. The van der Waals surface area contributed by atoms with Gasteiger partial charge in [0.05, 0.1) is 11.3 Å². The summed E-state index contributed by atoms with van der Waals surface area (Å²) in [5, 5.41) is 0.829. The molecular weight excluding hydrogens is 408 g/mol. The van der Waals surface area contributed by atoms with Crippen LogP contribution in [-0.4, -0.2) is 63.3 Å². The Kier molecular flexibility index (Phi) is 6.21. The number of likely N-dealkylation sites (N-methyl/N-ethyl adjacent to an activating group) is 1. The number of fused-ring (bicyclic) bond motifs is 1. The molecule has 1 saturated heterocycles. The number of pyridine rings is 1. The molecule has 7 heteroatoms. The number of aromatic nitrogens is 2. The average molecular weight is 435 g/mol. The van der Waals surface area contributed by atoms with E-state index < -0.39 is 11.0 Å². The number of anilines is 1. The first kappa shape index (κ1) is 21.3. The normalized spacial score (nSPS) is 15.7. The van der Waals surface area contributed by atoms with Crippen LogP contribution in [0, 0.1) is 19.3 Å². The molecule has 1 aromatic carbocycles. The zero-order valence-corrected chi connectivity index (χ0v) is 18.7. The maximum Gasteiger partial charge on any atom is 0.150 e. The van der Waals surface area contributed by atoms with E-state index in [2.05, 4.69) is 27.8 Å². The summed E-state index contributed by atoms with van der Waals surface area (Å²) in [6.07, 6.45) is 10.3. The summed E-state index contributed by atoms with van der Waals surface area (Å²) in [6, 6.07) is 7.92. The number of aldehydes is 1. The fourth-order valence-corrected chi connectivity index (χ4v) is 5.14. The fraction of sp³-hybridized carbons (Fsp3) is 0.333. The number of aryl methyl sites for hydroxylation is 1. The van der Waals surface area contributed by atoms with Crippen LogP contribution < -0.4 is 4.90 Å². The minimum Gasteiger partial charge on any atom is -0.354 e. The van der Waals surface area contributed by atoms with Gasteiger partial charge in [0.25, 0.3) is 0 Å². The predicted octanol–water partition coefficient (Wildman–Crippen LogP) is 3.11. The lowest BCUT2D eigenvalue weighted by Gasteiger charge is -2.33. The van der Waals surface area contributed by atoms with Gasteiger partial charge in [-0.2, -0.15) is 0 Å². The van der Waals surface area contributed by atoms with Crippen molar-refractivity contribution in [3.63, 3.8) is 0 Å². The summed E-state index contributed by atoms with van der Waals surface area (Å²) in [5.41, 5.74) is 4.07. The molecule has 6 nitrogen and oxygen atoms in total. The van der Waals surface area contributed by atoms with E-state index >= 15 is 0 Å². The molecule has 4 rings (SSSR count). The van der Waals surface area contributed by atoms with E-state index in [4.69, 9.17) is 6.42 Å². The number of piperazine rings is 1. The monoisotopic (exact) mass is 434 g/mol. The highest BCUT2D eigenvalue weighted by Crippen LogP contribution is 2.31. The molecule has 0 amide bonds. The predicted molar refractivity (Wildman–Crippen MR) is 127 cm³/mol.